The Morgan fingerprint density at radius 1 is 1.04 bits per heavy atom. The first-order chi connectivity index (χ1) is 11.7. The van der Waals surface area contributed by atoms with Crippen LogP contribution in [-0.2, 0) is 18.9 Å². The fourth-order valence-corrected chi connectivity index (χ4v) is 3.18. The third-order valence-electron chi connectivity index (χ3n) is 5.03. The smallest absolute Gasteiger partial charge is 0.332 e. The van der Waals surface area contributed by atoms with Crippen molar-refractivity contribution in [3.05, 3.63) is 20.8 Å². The third-order valence-corrected chi connectivity index (χ3v) is 5.03. The summed E-state index contributed by atoms with van der Waals surface area (Å²) in [6.45, 7) is 6.49. The van der Waals surface area contributed by atoms with Gasteiger partial charge in [-0.15, -0.1) is 0 Å². The Kier molecular flexibility index (Phi) is 4.28. The van der Waals surface area contributed by atoms with Gasteiger partial charge in [0.25, 0.3) is 5.56 Å². The molecule has 1 fully saturated rings. The molecule has 136 valence electrons. The summed E-state index contributed by atoms with van der Waals surface area (Å²) in [5.74, 6) is 0.509. The second kappa shape index (κ2) is 6.14. The number of likely N-dealkylation sites (N-methyl/N-ethyl adjacent to an activating group) is 1. The molecule has 25 heavy (non-hydrogen) atoms. The molecule has 0 unspecified atom stereocenters. The number of rotatable bonds is 3. The van der Waals surface area contributed by atoms with E-state index in [1.165, 1.54) is 18.5 Å². The van der Waals surface area contributed by atoms with E-state index in [0.29, 0.717) is 17.1 Å². The van der Waals surface area contributed by atoms with Crippen LogP contribution in [0.15, 0.2) is 9.59 Å². The zero-order chi connectivity index (χ0) is 18.5. The van der Waals surface area contributed by atoms with Crippen LogP contribution in [-0.4, -0.2) is 62.6 Å². The molecule has 1 aliphatic heterocycles. The average molecular weight is 348 g/mol. The van der Waals surface area contributed by atoms with Gasteiger partial charge in [-0.1, -0.05) is 0 Å². The lowest BCUT2D eigenvalue weighted by Gasteiger charge is -2.33. The maximum Gasteiger partial charge on any atom is 0.332 e. The summed E-state index contributed by atoms with van der Waals surface area (Å²) in [7, 11) is 5.08. The van der Waals surface area contributed by atoms with Gasteiger partial charge in [0, 0.05) is 40.3 Å². The van der Waals surface area contributed by atoms with Crippen LogP contribution in [0.25, 0.3) is 11.2 Å². The van der Waals surface area contributed by atoms with E-state index in [9.17, 15) is 14.4 Å². The van der Waals surface area contributed by atoms with E-state index < -0.39 is 17.3 Å². The second-order valence-electron chi connectivity index (χ2n) is 6.74. The van der Waals surface area contributed by atoms with Crippen molar-refractivity contribution in [1.82, 2.24) is 23.6 Å². The molecule has 0 aromatic carbocycles. The van der Waals surface area contributed by atoms with E-state index >= 15 is 0 Å². The van der Waals surface area contributed by atoms with Gasteiger partial charge in [0.05, 0.1) is 6.04 Å². The molecular formula is C16H24N6O3. The Balaban J connectivity index is 2.33. The quantitative estimate of drug-likeness (QED) is 0.732. The lowest BCUT2D eigenvalue weighted by atomic mass is 10.2. The van der Waals surface area contributed by atoms with Gasteiger partial charge >= 0.3 is 5.69 Å². The molecular weight excluding hydrogens is 324 g/mol. The summed E-state index contributed by atoms with van der Waals surface area (Å²) in [6.07, 6.45) is 0. The van der Waals surface area contributed by atoms with Gasteiger partial charge in [0.2, 0.25) is 5.95 Å². The maximum absolute atomic E-state index is 12.7. The third kappa shape index (κ3) is 2.68. The van der Waals surface area contributed by atoms with Crippen molar-refractivity contribution in [1.29, 1.82) is 0 Å². The first-order valence-electron chi connectivity index (χ1n) is 8.36. The minimum Gasteiger partial charge on any atom is -0.340 e. The molecule has 2 aromatic heterocycles. The van der Waals surface area contributed by atoms with Gasteiger partial charge in [-0.05, 0) is 20.9 Å². The highest BCUT2D eigenvalue weighted by Crippen LogP contribution is 2.25. The molecule has 1 saturated heterocycles. The Hall–Kier alpha value is -2.42. The molecule has 0 saturated carbocycles. The zero-order valence-electron chi connectivity index (χ0n) is 15.3. The predicted molar refractivity (Wildman–Crippen MR) is 95.3 cm³/mol. The Morgan fingerprint density at radius 3 is 2.20 bits per heavy atom. The van der Waals surface area contributed by atoms with E-state index in [-0.39, 0.29) is 5.78 Å². The Morgan fingerprint density at radius 2 is 1.64 bits per heavy atom. The minimum atomic E-state index is -0.537. The van der Waals surface area contributed by atoms with Crippen molar-refractivity contribution < 1.29 is 4.79 Å². The number of anilines is 1. The van der Waals surface area contributed by atoms with Gasteiger partial charge in [0.15, 0.2) is 16.9 Å². The van der Waals surface area contributed by atoms with Crippen LogP contribution < -0.4 is 16.1 Å². The number of carbonyl (C=O) groups excluding carboxylic acids is 1. The van der Waals surface area contributed by atoms with Crippen LogP contribution in [0, 0.1) is 0 Å². The van der Waals surface area contributed by atoms with Crippen molar-refractivity contribution >= 4 is 22.9 Å². The largest absolute Gasteiger partial charge is 0.340 e. The number of hydrogen-bond acceptors (Lipinski definition) is 6. The number of carbonyl (C=O) groups is 1. The highest BCUT2D eigenvalue weighted by atomic mass is 16.2. The number of ketones is 1. The SMILES string of the molecule is CC(=O)[C@H](C)n1c(N2CCN(C)CC2)nc2c1c(=O)n(C)c(=O)n2C. The number of aromatic nitrogens is 4. The summed E-state index contributed by atoms with van der Waals surface area (Å²) < 4.78 is 4.10. The summed E-state index contributed by atoms with van der Waals surface area (Å²) >= 11 is 0. The van der Waals surface area contributed by atoms with Gasteiger partial charge in [0.1, 0.15) is 0 Å². The summed E-state index contributed by atoms with van der Waals surface area (Å²) in [6, 6.07) is -0.537. The molecule has 9 heteroatoms. The zero-order valence-corrected chi connectivity index (χ0v) is 15.3. The highest BCUT2D eigenvalue weighted by molar-refractivity contribution is 5.84. The topological polar surface area (TPSA) is 85.4 Å². The molecule has 3 rings (SSSR count). The number of hydrogen-bond donors (Lipinski definition) is 0. The average Bonchev–Trinajstić information content (AvgIpc) is 2.98. The van der Waals surface area contributed by atoms with Crippen molar-refractivity contribution in [3.63, 3.8) is 0 Å². The lowest BCUT2D eigenvalue weighted by Crippen LogP contribution is -2.45. The number of imidazole rings is 1. The predicted octanol–water partition coefficient (Wildman–Crippen LogP) is -0.664. The van der Waals surface area contributed by atoms with Crippen LogP contribution in [0.3, 0.4) is 0 Å². The standard InChI is InChI=1S/C16H24N6O3/c1-10(11(2)23)22-12-13(19(4)16(25)20(5)14(12)24)17-15(22)21-8-6-18(3)7-9-21/h10H,6-9H2,1-5H3/t10-/m0/s1. The van der Waals surface area contributed by atoms with E-state index in [4.69, 9.17) is 0 Å². The molecule has 9 nitrogen and oxygen atoms in total. The normalized spacial score (nSPS) is 17.2. The molecule has 0 aliphatic carbocycles. The summed E-state index contributed by atoms with van der Waals surface area (Å²) in [4.78, 5) is 45.9. The van der Waals surface area contributed by atoms with Gasteiger partial charge in [-0.2, -0.15) is 4.98 Å². The molecule has 2 aromatic rings. The monoisotopic (exact) mass is 348 g/mol. The fraction of sp³-hybridized carbons (Fsp3) is 0.625. The van der Waals surface area contributed by atoms with Gasteiger partial charge < -0.3 is 9.80 Å². The molecule has 0 bridgehead atoms. The first-order valence-corrected chi connectivity index (χ1v) is 8.36. The van der Waals surface area contributed by atoms with Crippen LogP contribution in [0.1, 0.15) is 19.9 Å². The van der Waals surface area contributed by atoms with Crippen molar-refractivity contribution in [2.24, 2.45) is 14.1 Å². The summed E-state index contributed by atoms with van der Waals surface area (Å²) in [5.41, 5.74) is -0.252. The fourth-order valence-electron chi connectivity index (χ4n) is 3.18. The number of Topliss-reactive ketones (excluding diaryl/α,β-unsaturated/α-hetero) is 1. The molecule has 1 aliphatic rings. The first kappa shape index (κ1) is 17.4. The van der Waals surface area contributed by atoms with Crippen LogP contribution in [0.4, 0.5) is 5.95 Å². The number of piperazine rings is 1. The second-order valence-corrected chi connectivity index (χ2v) is 6.74. The molecule has 1 atom stereocenters. The molecule has 0 spiro atoms. The van der Waals surface area contributed by atoms with E-state index in [1.807, 2.05) is 0 Å². The van der Waals surface area contributed by atoms with E-state index in [0.717, 1.165) is 30.7 Å². The van der Waals surface area contributed by atoms with Crippen LogP contribution >= 0.6 is 0 Å². The van der Waals surface area contributed by atoms with Crippen molar-refractivity contribution in [2.45, 2.75) is 19.9 Å². The van der Waals surface area contributed by atoms with Gasteiger partial charge in [-0.3, -0.25) is 23.3 Å². The summed E-state index contributed by atoms with van der Waals surface area (Å²) in [5, 5.41) is 0. The maximum atomic E-state index is 12.7. The molecule has 3 heterocycles. The van der Waals surface area contributed by atoms with Crippen LogP contribution in [0.2, 0.25) is 0 Å². The molecule has 0 N–H and O–H groups in total. The number of nitrogens with zero attached hydrogens (tertiary/aromatic N) is 6. The number of fused-ring (bicyclic) bond motifs is 1. The lowest BCUT2D eigenvalue weighted by molar-refractivity contribution is -0.119. The van der Waals surface area contributed by atoms with Crippen molar-refractivity contribution in [3.8, 4) is 0 Å². The highest BCUT2D eigenvalue weighted by Gasteiger charge is 2.28. The number of aryl methyl sites for hydroxylation is 1. The van der Waals surface area contributed by atoms with Crippen molar-refractivity contribution in [2.75, 3.05) is 38.1 Å². The van der Waals surface area contributed by atoms with E-state index in [1.54, 1.807) is 18.5 Å². The van der Waals surface area contributed by atoms with E-state index in [2.05, 4.69) is 21.8 Å². The minimum absolute atomic E-state index is 0.0643. The Bertz CT molecular complexity index is 945. The van der Waals surface area contributed by atoms with Gasteiger partial charge in [-0.25, -0.2) is 4.79 Å². The Labute approximate surface area is 145 Å². The molecule has 0 radical (unpaired) electrons. The molecule has 0 amide bonds. The van der Waals surface area contributed by atoms with Crippen LogP contribution in [0.5, 0.6) is 0 Å².